The van der Waals surface area contributed by atoms with E-state index in [1.54, 1.807) is 6.20 Å². The first-order chi connectivity index (χ1) is 14.4. The number of carbonyl (C=O) groups excluding carboxylic acids is 1. The summed E-state index contributed by atoms with van der Waals surface area (Å²) in [4.78, 5) is 14.4. The van der Waals surface area contributed by atoms with Crippen LogP contribution in [0.2, 0.25) is 5.02 Å². The van der Waals surface area contributed by atoms with Crippen LogP contribution >= 0.6 is 11.6 Å². The number of likely N-dealkylation sites (tertiary alicyclic amines) is 1. The Morgan fingerprint density at radius 1 is 1.37 bits per heavy atom. The first kappa shape index (κ1) is 20.8. The molecule has 2 amide bonds. The molecule has 1 saturated heterocycles. The van der Waals surface area contributed by atoms with Gasteiger partial charge in [0.1, 0.15) is 0 Å². The fourth-order valence-corrected chi connectivity index (χ4v) is 4.70. The van der Waals surface area contributed by atoms with Crippen LogP contribution in [0.3, 0.4) is 0 Å². The number of aliphatic hydroxyl groups is 1. The number of nitrogens with one attached hydrogen (secondary N) is 3. The SMILES string of the molecule is CC(C)(C1CCN(C(=O)NC2=CNCC=C2)CC1)C(O)c1cc(Cl)cc2cn[nH]c12. The highest BCUT2D eigenvalue weighted by molar-refractivity contribution is 6.31. The third kappa shape index (κ3) is 4.04. The molecule has 0 spiro atoms. The van der Waals surface area contributed by atoms with Crippen LogP contribution in [-0.4, -0.2) is 45.9 Å². The summed E-state index contributed by atoms with van der Waals surface area (Å²) in [7, 11) is 0. The van der Waals surface area contributed by atoms with Crippen molar-refractivity contribution in [2.75, 3.05) is 19.6 Å². The number of benzene rings is 1. The molecule has 0 radical (unpaired) electrons. The molecule has 1 fully saturated rings. The summed E-state index contributed by atoms with van der Waals surface area (Å²) in [6.07, 6.45) is 8.36. The van der Waals surface area contributed by atoms with Crippen LogP contribution in [0.25, 0.3) is 10.9 Å². The molecule has 2 aliphatic heterocycles. The number of aliphatic hydroxyl groups excluding tert-OH is 1. The summed E-state index contributed by atoms with van der Waals surface area (Å²) in [6.45, 7) is 6.27. The number of carbonyl (C=O) groups is 1. The highest BCUT2D eigenvalue weighted by Gasteiger charge is 2.40. The Bertz CT molecular complexity index is 989. The summed E-state index contributed by atoms with van der Waals surface area (Å²) in [6, 6.07) is 3.57. The molecular weight excluding hydrogens is 402 g/mol. The molecular formula is C22H28ClN5O2. The minimum Gasteiger partial charge on any atom is -0.388 e. The molecule has 30 heavy (non-hydrogen) atoms. The lowest BCUT2D eigenvalue weighted by atomic mass is 9.68. The summed E-state index contributed by atoms with van der Waals surface area (Å²) in [5.41, 5.74) is 1.97. The molecule has 8 heteroatoms. The van der Waals surface area contributed by atoms with Gasteiger partial charge in [-0.2, -0.15) is 5.10 Å². The number of urea groups is 1. The monoisotopic (exact) mass is 429 g/mol. The molecule has 7 nitrogen and oxygen atoms in total. The normalized spacial score (nSPS) is 18.8. The van der Waals surface area contributed by atoms with Gasteiger partial charge < -0.3 is 20.6 Å². The van der Waals surface area contributed by atoms with E-state index in [4.69, 9.17) is 11.6 Å². The molecule has 0 saturated carbocycles. The number of hydrogen-bond donors (Lipinski definition) is 4. The predicted octanol–water partition coefficient (Wildman–Crippen LogP) is 3.70. The summed E-state index contributed by atoms with van der Waals surface area (Å²) in [5.74, 6) is 0.268. The maximum atomic E-state index is 12.6. The zero-order valence-corrected chi connectivity index (χ0v) is 18.0. The van der Waals surface area contributed by atoms with Crippen molar-refractivity contribution >= 4 is 28.5 Å². The van der Waals surface area contributed by atoms with Gasteiger partial charge in [0.2, 0.25) is 0 Å². The Hall–Kier alpha value is -2.51. The molecule has 3 heterocycles. The van der Waals surface area contributed by atoms with E-state index in [9.17, 15) is 9.90 Å². The number of rotatable bonds is 4. The lowest BCUT2D eigenvalue weighted by Crippen LogP contribution is -2.47. The van der Waals surface area contributed by atoms with Gasteiger partial charge in [-0.1, -0.05) is 31.5 Å². The number of H-pyrrole nitrogens is 1. The zero-order valence-electron chi connectivity index (χ0n) is 17.3. The highest BCUT2D eigenvalue weighted by atomic mass is 35.5. The van der Waals surface area contributed by atoms with Gasteiger partial charge in [-0.3, -0.25) is 5.10 Å². The lowest BCUT2D eigenvalue weighted by molar-refractivity contribution is -0.0142. The maximum Gasteiger partial charge on any atom is 0.321 e. The number of dihydropyridines is 1. The van der Waals surface area contributed by atoms with Crippen LogP contribution in [0, 0.1) is 11.3 Å². The van der Waals surface area contributed by atoms with E-state index in [2.05, 4.69) is 34.7 Å². The molecule has 1 unspecified atom stereocenters. The van der Waals surface area contributed by atoms with Crippen molar-refractivity contribution in [1.82, 2.24) is 25.7 Å². The second-order valence-corrected chi connectivity index (χ2v) is 9.09. The fourth-order valence-electron chi connectivity index (χ4n) is 4.46. The number of allylic oxidation sites excluding steroid dienone is 1. The molecule has 1 atom stereocenters. The van der Waals surface area contributed by atoms with Gasteiger partial charge in [-0.15, -0.1) is 0 Å². The van der Waals surface area contributed by atoms with Gasteiger partial charge >= 0.3 is 6.03 Å². The Morgan fingerprint density at radius 3 is 2.83 bits per heavy atom. The lowest BCUT2D eigenvalue weighted by Gasteiger charge is -2.43. The molecule has 160 valence electrons. The van der Waals surface area contributed by atoms with Crippen LogP contribution in [0.1, 0.15) is 38.4 Å². The number of aromatic nitrogens is 2. The van der Waals surface area contributed by atoms with Crippen molar-refractivity contribution in [2.24, 2.45) is 11.3 Å². The van der Waals surface area contributed by atoms with Crippen molar-refractivity contribution in [2.45, 2.75) is 32.8 Å². The minimum atomic E-state index is -0.701. The molecule has 4 N–H and O–H groups in total. The first-order valence-corrected chi connectivity index (χ1v) is 10.7. The van der Waals surface area contributed by atoms with Crippen molar-refractivity contribution < 1.29 is 9.90 Å². The van der Waals surface area contributed by atoms with Gasteiger partial charge in [0.15, 0.2) is 0 Å². The molecule has 2 aliphatic rings. The quantitative estimate of drug-likeness (QED) is 0.596. The van der Waals surface area contributed by atoms with Crippen molar-refractivity contribution in [1.29, 1.82) is 0 Å². The van der Waals surface area contributed by atoms with E-state index in [0.717, 1.165) is 41.5 Å². The summed E-state index contributed by atoms with van der Waals surface area (Å²) >= 11 is 6.28. The molecule has 2 aromatic rings. The van der Waals surface area contributed by atoms with Gasteiger partial charge in [0.05, 0.1) is 23.5 Å². The smallest absolute Gasteiger partial charge is 0.321 e. The second kappa shape index (κ2) is 8.32. The number of nitrogens with zero attached hydrogens (tertiary/aromatic N) is 2. The topological polar surface area (TPSA) is 93.3 Å². The number of halogens is 1. The average Bonchev–Trinajstić information content (AvgIpc) is 3.21. The summed E-state index contributed by atoms with van der Waals surface area (Å²) in [5, 5.41) is 25.9. The molecule has 0 aliphatic carbocycles. The number of hydrogen-bond acceptors (Lipinski definition) is 4. The van der Waals surface area contributed by atoms with E-state index in [1.165, 1.54) is 0 Å². The Labute approximate surface area is 181 Å². The van der Waals surface area contributed by atoms with Crippen molar-refractivity contribution in [3.63, 3.8) is 0 Å². The first-order valence-electron chi connectivity index (χ1n) is 10.3. The van der Waals surface area contributed by atoms with E-state index >= 15 is 0 Å². The van der Waals surface area contributed by atoms with Crippen LogP contribution < -0.4 is 10.6 Å². The van der Waals surface area contributed by atoms with Crippen molar-refractivity contribution in [3.8, 4) is 0 Å². The summed E-state index contributed by atoms with van der Waals surface area (Å²) < 4.78 is 0. The largest absolute Gasteiger partial charge is 0.388 e. The number of piperidine rings is 1. The number of fused-ring (bicyclic) bond motifs is 1. The van der Waals surface area contributed by atoms with Gasteiger partial charge in [-0.25, -0.2) is 4.79 Å². The Morgan fingerprint density at radius 2 is 2.13 bits per heavy atom. The Kier molecular flexibility index (Phi) is 5.75. The van der Waals surface area contributed by atoms with Crippen LogP contribution in [0.4, 0.5) is 4.79 Å². The standard InChI is InChI=1S/C22H28ClN5O2/c1-22(2,20(29)18-11-16(23)10-14-12-25-27-19(14)18)15-5-8-28(9-6-15)21(30)26-17-4-3-7-24-13-17/h3-4,10-13,15,20,24,29H,5-9H2,1-2H3,(H,25,27)(H,26,30). The van der Waals surface area contributed by atoms with Gasteiger partial charge in [0, 0.05) is 41.8 Å². The molecule has 0 bridgehead atoms. The van der Waals surface area contributed by atoms with E-state index < -0.39 is 6.10 Å². The maximum absolute atomic E-state index is 12.6. The van der Waals surface area contributed by atoms with E-state index in [0.29, 0.717) is 18.1 Å². The van der Waals surface area contributed by atoms with Gasteiger partial charge in [-0.05, 0) is 42.4 Å². The van der Waals surface area contributed by atoms with E-state index in [1.807, 2.05) is 35.4 Å². The van der Waals surface area contributed by atoms with Crippen LogP contribution in [0.15, 0.2) is 42.4 Å². The molecule has 1 aromatic carbocycles. The van der Waals surface area contributed by atoms with Crippen LogP contribution in [-0.2, 0) is 0 Å². The third-order valence-electron chi connectivity index (χ3n) is 6.42. The number of aromatic amines is 1. The fraction of sp³-hybridized carbons (Fsp3) is 0.455. The average molecular weight is 430 g/mol. The zero-order chi connectivity index (χ0) is 21.3. The highest BCUT2D eigenvalue weighted by Crippen LogP contribution is 2.46. The minimum absolute atomic E-state index is 0.0829. The third-order valence-corrected chi connectivity index (χ3v) is 6.64. The van der Waals surface area contributed by atoms with Gasteiger partial charge in [0.25, 0.3) is 0 Å². The predicted molar refractivity (Wildman–Crippen MR) is 118 cm³/mol. The van der Waals surface area contributed by atoms with Crippen LogP contribution in [0.5, 0.6) is 0 Å². The van der Waals surface area contributed by atoms with E-state index in [-0.39, 0.29) is 17.4 Å². The van der Waals surface area contributed by atoms with Crippen molar-refractivity contribution in [3.05, 3.63) is 53.0 Å². The molecule has 4 rings (SSSR count). The Balaban J connectivity index is 1.43. The molecule has 1 aromatic heterocycles. The second-order valence-electron chi connectivity index (χ2n) is 8.65. The number of amides is 2.